The topological polar surface area (TPSA) is 59.5 Å². The van der Waals surface area contributed by atoms with Gasteiger partial charge in [0, 0.05) is 55.6 Å². The van der Waals surface area contributed by atoms with Gasteiger partial charge in [-0.1, -0.05) is 11.6 Å². The van der Waals surface area contributed by atoms with Gasteiger partial charge < -0.3 is 9.64 Å². The molecule has 3 rings (SSSR count). The molecule has 0 unspecified atom stereocenters. The molecule has 0 atom stereocenters. The maximum absolute atomic E-state index is 12.4. The number of ether oxygens (including phenoxy) is 1. The SMILES string of the molecule is O=C(CCC(=O)N1CCC(Oc2cccnc2)CC1)c1ccc(Cl)cc1. The monoisotopic (exact) mass is 372 g/mol. The summed E-state index contributed by atoms with van der Waals surface area (Å²) in [5, 5.41) is 0.592. The van der Waals surface area contributed by atoms with Gasteiger partial charge in [0.2, 0.25) is 5.91 Å². The Hall–Kier alpha value is -2.40. The quantitative estimate of drug-likeness (QED) is 0.724. The zero-order chi connectivity index (χ0) is 18.4. The second-order valence-corrected chi connectivity index (χ2v) is 6.75. The van der Waals surface area contributed by atoms with Crippen molar-refractivity contribution in [2.24, 2.45) is 0 Å². The van der Waals surface area contributed by atoms with Crippen LogP contribution in [0.1, 0.15) is 36.0 Å². The van der Waals surface area contributed by atoms with Crippen molar-refractivity contribution in [3.8, 4) is 5.75 Å². The minimum Gasteiger partial charge on any atom is -0.489 e. The average Bonchev–Trinajstić information content (AvgIpc) is 2.68. The fourth-order valence-electron chi connectivity index (χ4n) is 2.99. The number of hydrogen-bond donors (Lipinski definition) is 0. The lowest BCUT2D eigenvalue weighted by Gasteiger charge is -2.32. The number of rotatable bonds is 6. The van der Waals surface area contributed by atoms with Gasteiger partial charge in [-0.2, -0.15) is 0 Å². The van der Waals surface area contributed by atoms with Crippen LogP contribution in [0.15, 0.2) is 48.8 Å². The molecule has 0 bridgehead atoms. The molecule has 2 heterocycles. The first-order valence-electron chi connectivity index (χ1n) is 8.75. The predicted molar refractivity (Wildman–Crippen MR) is 99.5 cm³/mol. The van der Waals surface area contributed by atoms with Crippen molar-refractivity contribution in [1.82, 2.24) is 9.88 Å². The van der Waals surface area contributed by atoms with Crippen LogP contribution < -0.4 is 4.74 Å². The lowest BCUT2D eigenvalue weighted by molar-refractivity contribution is -0.132. The number of carbonyl (C=O) groups is 2. The highest BCUT2D eigenvalue weighted by atomic mass is 35.5. The molecule has 0 aliphatic carbocycles. The summed E-state index contributed by atoms with van der Waals surface area (Å²) in [4.78, 5) is 30.4. The molecule has 26 heavy (non-hydrogen) atoms. The van der Waals surface area contributed by atoms with E-state index in [1.165, 1.54) is 0 Å². The number of nitrogens with zero attached hydrogens (tertiary/aromatic N) is 2. The number of halogens is 1. The Morgan fingerprint density at radius 3 is 2.50 bits per heavy atom. The first kappa shape index (κ1) is 18.4. The minimum absolute atomic E-state index is 0.0205. The number of Topliss-reactive ketones (excluding diaryl/α,β-unsaturated/α-hetero) is 1. The smallest absolute Gasteiger partial charge is 0.223 e. The Bertz CT molecular complexity index is 741. The molecule has 0 radical (unpaired) electrons. The van der Waals surface area contributed by atoms with E-state index in [0.29, 0.717) is 23.7 Å². The van der Waals surface area contributed by atoms with Crippen LogP contribution in [0.4, 0.5) is 0 Å². The fourth-order valence-corrected chi connectivity index (χ4v) is 3.12. The zero-order valence-corrected chi connectivity index (χ0v) is 15.2. The van der Waals surface area contributed by atoms with E-state index >= 15 is 0 Å². The molecule has 1 saturated heterocycles. The molecular formula is C20H21ClN2O3. The van der Waals surface area contributed by atoms with Gasteiger partial charge in [-0.05, 0) is 36.4 Å². The second-order valence-electron chi connectivity index (χ2n) is 6.32. The molecule has 0 spiro atoms. The third kappa shape index (κ3) is 5.05. The number of benzene rings is 1. The summed E-state index contributed by atoms with van der Waals surface area (Å²) >= 11 is 5.82. The number of likely N-dealkylation sites (tertiary alicyclic amines) is 1. The molecule has 1 aliphatic heterocycles. The number of amides is 1. The molecule has 1 fully saturated rings. The second kappa shape index (κ2) is 8.81. The summed E-state index contributed by atoms with van der Waals surface area (Å²) in [6, 6.07) is 10.5. The van der Waals surface area contributed by atoms with E-state index in [0.717, 1.165) is 18.6 Å². The number of ketones is 1. The van der Waals surface area contributed by atoms with Crippen LogP contribution in [0.3, 0.4) is 0 Å². The lowest BCUT2D eigenvalue weighted by atomic mass is 10.0. The summed E-state index contributed by atoms with van der Waals surface area (Å²) in [7, 11) is 0. The van der Waals surface area contributed by atoms with Crippen LogP contribution in [0.5, 0.6) is 5.75 Å². The van der Waals surface area contributed by atoms with E-state index in [9.17, 15) is 9.59 Å². The third-order valence-electron chi connectivity index (χ3n) is 4.46. The Morgan fingerprint density at radius 1 is 1.12 bits per heavy atom. The number of aromatic nitrogens is 1. The molecule has 136 valence electrons. The van der Waals surface area contributed by atoms with Gasteiger partial charge in [0.25, 0.3) is 0 Å². The van der Waals surface area contributed by atoms with Crippen molar-refractivity contribution in [3.63, 3.8) is 0 Å². The molecule has 1 aromatic carbocycles. The first-order chi connectivity index (χ1) is 12.6. The molecule has 0 saturated carbocycles. The number of carbonyl (C=O) groups excluding carboxylic acids is 2. The molecule has 0 N–H and O–H groups in total. The lowest BCUT2D eigenvalue weighted by Crippen LogP contribution is -2.41. The summed E-state index contributed by atoms with van der Waals surface area (Å²) in [5.74, 6) is 0.739. The van der Waals surface area contributed by atoms with Crippen LogP contribution in [-0.2, 0) is 4.79 Å². The Morgan fingerprint density at radius 2 is 1.85 bits per heavy atom. The normalized spacial score (nSPS) is 14.9. The Balaban J connectivity index is 1.42. The number of pyridine rings is 1. The standard InChI is InChI=1S/C20H21ClN2O3/c21-16-5-3-15(4-6-16)19(24)7-8-20(25)23-12-9-17(10-13-23)26-18-2-1-11-22-14-18/h1-6,11,14,17H,7-10,12-13H2. The van der Waals surface area contributed by atoms with Crippen molar-refractivity contribution in [1.29, 1.82) is 0 Å². The van der Waals surface area contributed by atoms with Crippen molar-refractivity contribution in [2.75, 3.05) is 13.1 Å². The molecule has 1 amide bonds. The Kier molecular flexibility index (Phi) is 6.23. The maximum Gasteiger partial charge on any atom is 0.223 e. The highest BCUT2D eigenvalue weighted by Gasteiger charge is 2.24. The molecule has 5 nitrogen and oxygen atoms in total. The predicted octanol–water partition coefficient (Wildman–Crippen LogP) is 3.77. The van der Waals surface area contributed by atoms with Crippen molar-refractivity contribution >= 4 is 23.3 Å². The number of hydrogen-bond acceptors (Lipinski definition) is 4. The van der Waals surface area contributed by atoms with Crippen molar-refractivity contribution in [2.45, 2.75) is 31.8 Å². The van der Waals surface area contributed by atoms with Gasteiger partial charge >= 0.3 is 0 Å². The third-order valence-corrected chi connectivity index (χ3v) is 4.72. The summed E-state index contributed by atoms with van der Waals surface area (Å²) < 4.78 is 5.88. The fraction of sp³-hybridized carbons (Fsp3) is 0.350. The largest absolute Gasteiger partial charge is 0.489 e. The van der Waals surface area contributed by atoms with E-state index in [4.69, 9.17) is 16.3 Å². The minimum atomic E-state index is -0.0372. The summed E-state index contributed by atoms with van der Waals surface area (Å²) in [5.41, 5.74) is 0.589. The molecule has 1 aliphatic rings. The van der Waals surface area contributed by atoms with Gasteiger partial charge in [0.05, 0.1) is 6.20 Å². The highest BCUT2D eigenvalue weighted by Crippen LogP contribution is 2.19. The van der Waals surface area contributed by atoms with Gasteiger partial charge in [-0.3, -0.25) is 14.6 Å². The van der Waals surface area contributed by atoms with Gasteiger partial charge in [-0.15, -0.1) is 0 Å². The Labute approximate surface area is 157 Å². The van der Waals surface area contributed by atoms with Crippen LogP contribution >= 0.6 is 11.6 Å². The highest BCUT2D eigenvalue weighted by molar-refractivity contribution is 6.30. The summed E-state index contributed by atoms with van der Waals surface area (Å²) in [6.45, 7) is 1.30. The van der Waals surface area contributed by atoms with Crippen LogP contribution in [0, 0.1) is 0 Å². The van der Waals surface area contributed by atoms with E-state index in [2.05, 4.69) is 4.98 Å². The van der Waals surface area contributed by atoms with Gasteiger partial charge in [-0.25, -0.2) is 0 Å². The van der Waals surface area contributed by atoms with Crippen LogP contribution in [-0.4, -0.2) is 40.8 Å². The summed E-state index contributed by atoms with van der Waals surface area (Å²) in [6.07, 6.45) is 5.51. The molecule has 1 aromatic heterocycles. The van der Waals surface area contributed by atoms with Crippen LogP contribution in [0.25, 0.3) is 0 Å². The van der Waals surface area contributed by atoms with Crippen LogP contribution in [0.2, 0.25) is 5.02 Å². The van der Waals surface area contributed by atoms with E-state index in [1.54, 1.807) is 36.7 Å². The maximum atomic E-state index is 12.4. The van der Waals surface area contributed by atoms with Crippen molar-refractivity contribution in [3.05, 3.63) is 59.4 Å². The van der Waals surface area contributed by atoms with Gasteiger partial charge in [0.15, 0.2) is 5.78 Å². The molecular weight excluding hydrogens is 352 g/mol. The van der Waals surface area contributed by atoms with Gasteiger partial charge in [0.1, 0.15) is 11.9 Å². The number of piperidine rings is 1. The van der Waals surface area contributed by atoms with E-state index in [-0.39, 0.29) is 30.6 Å². The first-order valence-corrected chi connectivity index (χ1v) is 9.13. The molecule has 2 aromatic rings. The zero-order valence-electron chi connectivity index (χ0n) is 14.4. The van der Waals surface area contributed by atoms with E-state index in [1.807, 2.05) is 17.0 Å². The average molecular weight is 373 g/mol. The van der Waals surface area contributed by atoms with Crippen molar-refractivity contribution < 1.29 is 14.3 Å². The molecule has 6 heteroatoms. The van der Waals surface area contributed by atoms with E-state index < -0.39 is 0 Å².